The normalized spacial score (nSPS) is 11.4. The highest BCUT2D eigenvalue weighted by molar-refractivity contribution is 6.12. The van der Waals surface area contributed by atoms with Crippen LogP contribution in [-0.2, 0) is 0 Å². The van der Waals surface area contributed by atoms with Gasteiger partial charge in [0.1, 0.15) is 0 Å². The molecule has 0 bridgehead atoms. The van der Waals surface area contributed by atoms with Crippen molar-refractivity contribution in [3.05, 3.63) is 84.9 Å². The van der Waals surface area contributed by atoms with E-state index in [9.17, 15) is 0 Å². The Morgan fingerprint density at radius 3 is 1.73 bits per heavy atom. The van der Waals surface area contributed by atoms with Gasteiger partial charge in [0, 0.05) is 11.1 Å². The molecule has 4 aromatic rings. The second-order valence-corrected chi connectivity index (χ2v) is 6.66. The van der Waals surface area contributed by atoms with Gasteiger partial charge < -0.3 is 11.5 Å². The highest BCUT2D eigenvalue weighted by Crippen LogP contribution is 2.54. The zero-order valence-electron chi connectivity index (χ0n) is 14.2. The third-order valence-electron chi connectivity index (χ3n) is 5.20. The Balaban J connectivity index is 1.60. The molecule has 0 saturated carbocycles. The van der Waals surface area contributed by atoms with Crippen molar-refractivity contribution in [3.8, 4) is 44.5 Å². The molecule has 2 heteroatoms. The SMILES string of the molecule is Nc1c(-c2ccc(-c3ccccc3)cc2)cc2c(c1N)-c1ccccc1-2. The zero-order chi connectivity index (χ0) is 17.7. The Bertz CT molecular complexity index is 1130. The van der Waals surface area contributed by atoms with Crippen molar-refractivity contribution >= 4 is 11.4 Å². The van der Waals surface area contributed by atoms with Crippen LogP contribution < -0.4 is 11.5 Å². The third kappa shape index (κ3) is 2.06. The maximum atomic E-state index is 6.40. The standard InChI is InChI=1S/C24H18N2/c25-23-20(14-21-18-8-4-5-9-19(18)22(21)24(23)26)17-12-10-16(11-13-17)15-6-2-1-3-7-15/h1-14H,25-26H2. The Labute approximate surface area is 152 Å². The minimum absolute atomic E-state index is 0.658. The first-order chi connectivity index (χ1) is 12.7. The van der Waals surface area contributed by atoms with Crippen molar-refractivity contribution in [2.24, 2.45) is 0 Å². The van der Waals surface area contributed by atoms with Gasteiger partial charge in [-0.25, -0.2) is 0 Å². The molecule has 124 valence electrons. The second kappa shape index (κ2) is 5.50. The second-order valence-electron chi connectivity index (χ2n) is 6.66. The van der Waals surface area contributed by atoms with Gasteiger partial charge in [0.05, 0.1) is 11.4 Å². The lowest BCUT2D eigenvalue weighted by Gasteiger charge is -2.28. The zero-order valence-corrected chi connectivity index (χ0v) is 14.2. The summed E-state index contributed by atoms with van der Waals surface area (Å²) < 4.78 is 0. The molecule has 26 heavy (non-hydrogen) atoms. The third-order valence-corrected chi connectivity index (χ3v) is 5.20. The fraction of sp³-hybridized carbons (Fsp3) is 0. The molecule has 0 spiro atoms. The van der Waals surface area contributed by atoms with Crippen LogP contribution in [0.1, 0.15) is 0 Å². The van der Waals surface area contributed by atoms with Crippen molar-refractivity contribution in [2.75, 3.05) is 11.5 Å². The summed E-state index contributed by atoms with van der Waals surface area (Å²) in [7, 11) is 0. The molecule has 1 aliphatic carbocycles. The van der Waals surface area contributed by atoms with Crippen LogP contribution in [0.15, 0.2) is 84.9 Å². The maximum Gasteiger partial charge on any atom is 0.0640 e. The fourth-order valence-electron chi connectivity index (χ4n) is 3.81. The molecule has 0 saturated heterocycles. The first-order valence-electron chi connectivity index (χ1n) is 8.71. The molecule has 2 nitrogen and oxygen atoms in total. The molecule has 0 atom stereocenters. The lowest BCUT2D eigenvalue weighted by molar-refractivity contribution is 1.50. The highest BCUT2D eigenvalue weighted by Gasteiger charge is 2.27. The summed E-state index contributed by atoms with van der Waals surface area (Å²) in [6, 6.07) is 29.4. The topological polar surface area (TPSA) is 52.0 Å². The van der Waals surface area contributed by atoms with Gasteiger partial charge in [-0.2, -0.15) is 0 Å². The molecule has 0 amide bonds. The van der Waals surface area contributed by atoms with Crippen LogP contribution in [0.4, 0.5) is 11.4 Å². The average Bonchev–Trinajstić information content (AvgIpc) is 2.69. The van der Waals surface area contributed by atoms with Crippen molar-refractivity contribution in [1.82, 2.24) is 0 Å². The quantitative estimate of drug-likeness (QED) is 0.399. The van der Waals surface area contributed by atoms with Gasteiger partial charge >= 0.3 is 0 Å². The molecule has 1 aliphatic rings. The Kier molecular flexibility index (Phi) is 3.13. The molecule has 5 rings (SSSR count). The van der Waals surface area contributed by atoms with Gasteiger partial charge in [-0.3, -0.25) is 0 Å². The van der Waals surface area contributed by atoms with Gasteiger partial charge in [-0.1, -0.05) is 78.9 Å². The molecular formula is C24H18N2. The van der Waals surface area contributed by atoms with Crippen LogP contribution in [0, 0.1) is 0 Å². The van der Waals surface area contributed by atoms with Gasteiger partial charge in [0.15, 0.2) is 0 Å². The maximum absolute atomic E-state index is 6.40. The Morgan fingerprint density at radius 2 is 1.00 bits per heavy atom. The van der Waals surface area contributed by atoms with Gasteiger partial charge in [0.25, 0.3) is 0 Å². The monoisotopic (exact) mass is 334 g/mol. The molecule has 0 radical (unpaired) electrons. The predicted molar refractivity (Wildman–Crippen MR) is 111 cm³/mol. The van der Waals surface area contributed by atoms with E-state index in [0.29, 0.717) is 11.4 Å². The summed E-state index contributed by atoms with van der Waals surface area (Å²) in [4.78, 5) is 0. The van der Waals surface area contributed by atoms with E-state index in [-0.39, 0.29) is 0 Å². The van der Waals surface area contributed by atoms with E-state index in [1.54, 1.807) is 0 Å². The van der Waals surface area contributed by atoms with E-state index >= 15 is 0 Å². The number of nitrogen functional groups attached to an aromatic ring is 2. The van der Waals surface area contributed by atoms with E-state index in [1.807, 2.05) is 12.1 Å². The molecule has 0 aliphatic heterocycles. The van der Waals surface area contributed by atoms with Crippen LogP contribution in [0.25, 0.3) is 44.5 Å². The van der Waals surface area contributed by atoms with Crippen molar-refractivity contribution < 1.29 is 0 Å². The van der Waals surface area contributed by atoms with Gasteiger partial charge in [-0.05, 0) is 39.4 Å². The summed E-state index contributed by atoms with van der Waals surface area (Å²) in [5, 5.41) is 0. The van der Waals surface area contributed by atoms with Crippen LogP contribution in [-0.4, -0.2) is 0 Å². The molecule has 4 N–H and O–H groups in total. The first-order valence-corrected chi connectivity index (χ1v) is 8.71. The molecular weight excluding hydrogens is 316 g/mol. The smallest absolute Gasteiger partial charge is 0.0640 e. The minimum Gasteiger partial charge on any atom is -0.397 e. The Hall–Kier alpha value is -3.52. The van der Waals surface area contributed by atoms with Gasteiger partial charge in [0.2, 0.25) is 0 Å². The summed E-state index contributed by atoms with van der Waals surface area (Å²) in [6.07, 6.45) is 0. The van der Waals surface area contributed by atoms with E-state index in [0.717, 1.165) is 16.7 Å². The number of hydrogen-bond acceptors (Lipinski definition) is 2. The summed E-state index contributed by atoms with van der Waals surface area (Å²) >= 11 is 0. The first kappa shape index (κ1) is 14.8. The summed E-state index contributed by atoms with van der Waals surface area (Å²) in [5.74, 6) is 0. The van der Waals surface area contributed by atoms with E-state index in [1.165, 1.54) is 27.8 Å². The average molecular weight is 334 g/mol. The number of hydrogen-bond donors (Lipinski definition) is 2. The number of rotatable bonds is 2. The number of benzene rings is 4. The van der Waals surface area contributed by atoms with Crippen molar-refractivity contribution in [3.63, 3.8) is 0 Å². The van der Waals surface area contributed by atoms with Crippen LogP contribution in [0.3, 0.4) is 0 Å². The fourth-order valence-corrected chi connectivity index (χ4v) is 3.81. The minimum atomic E-state index is 0.658. The summed E-state index contributed by atoms with van der Waals surface area (Å²) in [5.41, 5.74) is 23.3. The van der Waals surface area contributed by atoms with Crippen LogP contribution in [0.2, 0.25) is 0 Å². The number of nitrogens with two attached hydrogens (primary N) is 2. The van der Waals surface area contributed by atoms with E-state index in [4.69, 9.17) is 11.5 Å². The molecule has 0 fully saturated rings. The largest absolute Gasteiger partial charge is 0.397 e. The van der Waals surface area contributed by atoms with Crippen molar-refractivity contribution in [1.29, 1.82) is 0 Å². The number of anilines is 2. The molecule has 0 aromatic heterocycles. The van der Waals surface area contributed by atoms with Crippen LogP contribution in [0.5, 0.6) is 0 Å². The lowest BCUT2D eigenvalue weighted by atomic mass is 9.77. The Morgan fingerprint density at radius 1 is 0.423 bits per heavy atom. The summed E-state index contributed by atoms with van der Waals surface area (Å²) in [6.45, 7) is 0. The lowest BCUT2D eigenvalue weighted by Crippen LogP contribution is -2.07. The number of fused-ring (bicyclic) bond motifs is 4. The molecule has 4 aromatic carbocycles. The molecule has 0 unspecified atom stereocenters. The van der Waals surface area contributed by atoms with Crippen molar-refractivity contribution in [2.45, 2.75) is 0 Å². The van der Waals surface area contributed by atoms with Crippen LogP contribution >= 0.6 is 0 Å². The predicted octanol–water partition coefficient (Wildman–Crippen LogP) is 5.83. The van der Waals surface area contributed by atoms with E-state index in [2.05, 4.69) is 72.8 Å². The highest BCUT2D eigenvalue weighted by atomic mass is 14.7. The molecule has 0 heterocycles. The van der Waals surface area contributed by atoms with E-state index < -0.39 is 0 Å². The van der Waals surface area contributed by atoms with Gasteiger partial charge in [-0.15, -0.1) is 0 Å².